The molecule has 0 atom stereocenters. The first-order valence-corrected chi connectivity index (χ1v) is 17.1. The van der Waals surface area contributed by atoms with Crippen molar-refractivity contribution >= 4 is 76.2 Å². The molecular weight excluding hydrogens is 664 g/mol. The molecule has 9 rings (SSSR count). The molecular formula is C34H25FN10S3. The third kappa shape index (κ3) is 5.25. The number of hydrogen-bond acceptors (Lipinski definition) is 11. The molecule has 48 heavy (non-hydrogen) atoms. The molecule has 9 aromatic rings. The van der Waals surface area contributed by atoms with E-state index in [2.05, 4.69) is 66.3 Å². The lowest BCUT2D eigenvalue weighted by Crippen LogP contribution is -1.90. The highest BCUT2D eigenvalue weighted by molar-refractivity contribution is 7.23. The minimum atomic E-state index is -0.287. The second-order valence-electron chi connectivity index (χ2n) is 10.9. The Kier molecular flexibility index (Phi) is 7.39. The van der Waals surface area contributed by atoms with E-state index in [-0.39, 0.29) is 5.82 Å². The fourth-order valence-electron chi connectivity index (χ4n) is 5.55. The number of benzene rings is 2. The monoisotopic (exact) mass is 688 g/mol. The number of aryl methyl sites for hydroxylation is 2. The topological polar surface area (TPSA) is 139 Å². The number of nitrogens with zero attached hydrogens (tertiary/aromatic N) is 8. The predicted octanol–water partition coefficient (Wildman–Crippen LogP) is 8.04. The number of nitrogen functional groups attached to an aromatic ring is 2. The van der Waals surface area contributed by atoms with E-state index in [1.54, 1.807) is 35.1 Å². The maximum atomic E-state index is 13.5. The van der Waals surface area contributed by atoms with Crippen molar-refractivity contribution in [3.63, 3.8) is 0 Å². The molecule has 0 aliphatic carbocycles. The highest BCUT2D eigenvalue weighted by Gasteiger charge is 2.20. The van der Waals surface area contributed by atoms with Crippen LogP contribution >= 0.6 is 34.0 Å². The van der Waals surface area contributed by atoms with Gasteiger partial charge in [0.25, 0.3) is 0 Å². The molecule has 0 aliphatic rings. The molecule has 4 N–H and O–H groups in total. The van der Waals surface area contributed by atoms with E-state index in [9.17, 15) is 4.39 Å². The molecule has 0 bridgehead atoms. The van der Waals surface area contributed by atoms with Gasteiger partial charge in [0.05, 0.1) is 55.1 Å². The molecule has 0 unspecified atom stereocenters. The fraction of sp³-hybridized carbons (Fsp3) is 0.0588. The summed E-state index contributed by atoms with van der Waals surface area (Å²) in [4.78, 5) is 30.7. The Balaban J connectivity index is 0.000000141. The highest BCUT2D eigenvalue weighted by atomic mass is 32.1. The van der Waals surface area contributed by atoms with E-state index in [0.29, 0.717) is 11.6 Å². The Labute approximate surface area is 284 Å². The van der Waals surface area contributed by atoms with Crippen molar-refractivity contribution in [3.05, 3.63) is 97.9 Å². The number of imidazole rings is 2. The van der Waals surface area contributed by atoms with Crippen LogP contribution in [-0.4, -0.2) is 39.0 Å². The Morgan fingerprint density at radius 1 is 0.604 bits per heavy atom. The second-order valence-corrected chi connectivity index (χ2v) is 14.1. The summed E-state index contributed by atoms with van der Waals surface area (Å²) >= 11 is 4.88. The zero-order valence-electron chi connectivity index (χ0n) is 25.5. The molecule has 0 saturated carbocycles. The molecule has 0 spiro atoms. The van der Waals surface area contributed by atoms with Crippen molar-refractivity contribution in [1.82, 2.24) is 39.0 Å². The van der Waals surface area contributed by atoms with Gasteiger partial charge >= 0.3 is 0 Å². The average Bonchev–Trinajstić information content (AvgIpc) is 3.90. The van der Waals surface area contributed by atoms with Crippen LogP contribution in [0.25, 0.3) is 73.5 Å². The van der Waals surface area contributed by atoms with E-state index in [0.717, 1.165) is 63.4 Å². The maximum absolute atomic E-state index is 13.5. The summed E-state index contributed by atoms with van der Waals surface area (Å²) in [5.74, 6) is 0.676. The second kappa shape index (κ2) is 11.9. The third-order valence-corrected chi connectivity index (χ3v) is 11.0. The third-order valence-electron chi connectivity index (χ3n) is 7.82. The number of anilines is 2. The van der Waals surface area contributed by atoms with Crippen LogP contribution in [0.2, 0.25) is 0 Å². The number of hydrogen-bond donors (Lipinski definition) is 2. The molecule has 7 heterocycles. The molecule has 0 amide bonds. The Morgan fingerprint density at radius 3 is 1.81 bits per heavy atom. The molecule has 10 nitrogen and oxygen atoms in total. The number of fused-ring (bicyclic) bond motifs is 3. The molecule has 14 heteroatoms. The van der Waals surface area contributed by atoms with Crippen molar-refractivity contribution in [2.45, 2.75) is 0 Å². The number of halogens is 1. The lowest BCUT2D eigenvalue weighted by Gasteiger charge is -2.04. The Morgan fingerprint density at radius 2 is 1.21 bits per heavy atom. The quantitative estimate of drug-likeness (QED) is 0.189. The van der Waals surface area contributed by atoms with Gasteiger partial charge in [-0.1, -0.05) is 30.3 Å². The van der Waals surface area contributed by atoms with E-state index in [4.69, 9.17) is 11.5 Å². The molecule has 236 valence electrons. The Hall–Kier alpha value is -5.57. The van der Waals surface area contributed by atoms with E-state index in [1.165, 1.54) is 46.2 Å². The van der Waals surface area contributed by atoms with Crippen LogP contribution < -0.4 is 11.5 Å². The summed E-state index contributed by atoms with van der Waals surface area (Å²) in [7, 11) is 3.92. The van der Waals surface area contributed by atoms with Gasteiger partial charge < -0.3 is 20.6 Å². The first-order valence-electron chi connectivity index (χ1n) is 14.6. The van der Waals surface area contributed by atoms with Crippen LogP contribution in [0.1, 0.15) is 0 Å². The van der Waals surface area contributed by atoms with Crippen LogP contribution in [0.5, 0.6) is 0 Å². The summed E-state index contributed by atoms with van der Waals surface area (Å²) in [6.45, 7) is 0. The van der Waals surface area contributed by atoms with Crippen molar-refractivity contribution in [2.75, 3.05) is 11.5 Å². The predicted molar refractivity (Wildman–Crippen MR) is 194 cm³/mol. The summed E-state index contributed by atoms with van der Waals surface area (Å²) < 4.78 is 18.8. The highest BCUT2D eigenvalue weighted by Crippen LogP contribution is 2.42. The van der Waals surface area contributed by atoms with Gasteiger partial charge in [-0.05, 0) is 41.8 Å². The largest absolute Gasteiger partial charge is 0.383 e. The summed E-state index contributed by atoms with van der Waals surface area (Å²) in [5, 5.41) is 2.95. The standard InChI is InChI=1S/C18H13N5S2.C16H12FN5S/c1-23-9-22-15(13-6-10-4-2-3-5-12(10)24-13)16(23)14-7-11-17(19)20-8-21-18(11)25-14;1-22-8-21-13(9-3-2-4-10(17)5-9)14(22)12-6-11-15(18)19-7-20-16(11)23-12/h2-9H,1H3,(H2,19,20,21);2-8H,1H3,(H2,18,19,20). The van der Waals surface area contributed by atoms with Crippen molar-refractivity contribution < 1.29 is 4.39 Å². The van der Waals surface area contributed by atoms with Gasteiger partial charge in [0.15, 0.2) is 0 Å². The van der Waals surface area contributed by atoms with Gasteiger partial charge in [-0.15, -0.1) is 34.0 Å². The van der Waals surface area contributed by atoms with Gasteiger partial charge in [-0.25, -0.2) is 34.3 Å². The number of rotatable bonds is 4. The molecule has 0 saturated heterocycles. The van der Waals surface area contributed by atoms with Crippen molar-refractivity contribution in [2.24, 2.45) is 14.1 Å². The van der Waals surface area contributed by atoms with Gasteiger partial charge in [-0.2, -0.15) is 0 Å². The first kappa shape index (κ1) is 29.8. The van der Waals surface area contributed by atoms with Crippen molar-refractivity contribution in [1.29, 1.82) is 0 Å². The van der Waals surface area contributed by atoms with Crippen LogP contribution in [0, 0.1) is 5.82 Å². The number of thiophene rings is 3. The van der Waals surface area contributed by atoms with Crippen LogP contribution in [0.4, 0.5) is 16.0 Å². The number of nitrogens with two attached hydrogens (primary N) is 2. The molecule has 0 aliphatic heterocycles. The molecule has 7 aromatic heterocycles. The van der Waals surface area contributed by atoms with Crippen LogP contribution in [-0.2, 0) is 14.1 Å². The van der Waals surface area contributed by atoms with Crippen LogP contribution in [0.15, 0.2) is 92.0 Å². The summed E-state index contributed by atoms with van der Waals surface area (Å²) in [5.41, 5.74) is 16.3. The van der Waals surface area contributed by atoms with Gasteiger partial charge in [0.2, 0.25) is 0 Å². The lowest BCUT2D eigenvalue weighted by molar-refractivity contribution is 0.628. The van der Waals surface area contributed by atoms with Gasteiger partial charge in [0.1, 0.15) is 45.5 Å². The van der Waals surface area contributed by atoms with E-state index in [1.807, 2.05) is 41.7 Å². The van der Waals surface area contributed by atoms with Crippen LogP contribution in [0.3, 0.4) is 0 Å². The average molecular weight is 689 g/mol. The minimum absolute atomic E-state index is 0.287. The van der Waals surface area contributed by atoms with E-state index < -0.39 is 0 Å². The smallest absolute Gasteiger partial charge is 0.135 e. The zero-order chi connectivity index (χ0) is 32.9. The fourth-order valence-corrected chi connectivity index (χ4v) is 8.80. The van der Waals surface area contributed by atoms with E-state index >= 15 is 0 Å². The molecule has 2 aromatic carbocycles. The molecule has 0 fully saturated rings. The zero-order valence-corrected chi connectivity index (χ0v) is 27.9. The molecule has 0 radical (unpaired) electrons. The SMILES string of the molecule is Cn1cnc(-c2cc3ccccc3s2)c1-c1cc2c(N)ncnc2s1.Cn1cnc(-c2cccc(F)c2)c1-c1cc2c(N)ncnc2s1. The minimum Gasteiger partial charge on any atom is -0.383 e. The van der Waals surface area contributed by atoms with Crippen molar-refractivity contribution in [3.8, 4) is 43.0 Å². The van der Waals surface area contributed by atoms with Gasteiger partial charge in [0, 0.05) is 24.4 Å². The normalized spacial score (nSPS) is 11.4. The van der Waals surface area contributed by atoms with Gasteiger partial charge in [-0.3, -0.25) is 0 Å². The first-order chi connectivity index (χ1) is 23.3. The lowest BCUT2D eigenvalue weighted by atomic mass is 10.1. The Bertz CT molecular complexity index is 2580. The maximum Gasteiger partial charge on any atom is 0.135 e. The summed E-state index contributed by atoms with van der Waals surface area (Å²) in [6.07, 6.45) is 6.53. The summed E-state index contributed by atoms with van der Waals surface area (Å²) in [6, 6.07) is 21.0. The number of aromatic nitrogens is 8.